The molecule has 1 aliphatic carbocycles. The van der Waals surface area contributed by atoms with Crippen molar-refractivity contribution in [3.05, 3.63) is 11.3 Å². The number of carbonyl (C=O) groups is 1. The molecule has 90 valence electrons. The molecule has 16 heavy (non-hydrogen) atoms. The summed E-state index contributed by atoms with van der Waals surface area (Å²) < 4.78 is 10.8. The summed E-state index contributed by atoms with van der Waals surface area (Å²) in [6.45, 7) is 2.24. The number of fused-ring (bicyclic) bond motifs is 1. The zero-order chi connectivity index (χ0) is 11.5. The van der Waals surface area contributed by atoms with Gasteiger partial charge in [0.05, 0.1) is 18.1 Å². The quantitative estimate of drug-likeness (QED) is 0.566. The lowest BCUT2D eigenvalue weighted by Gasteiger charge is -2.20. The zero-order valence-electron chi connectivity index (χ0n) is 9.50. The molecule has 0 radical (unpaired) electrons. The first kappa shape index (κ1) is 11.8. The van der Waals surface area contributed by atoms with Crippen LogP contribution in [0.4, 0.5) is 0 Å². The van der Waals surface area contributed by atoms with E-state index >= 15 is 0 Å². The second-order valence-corrected chi connectivity index (χ2v) is 4.59. The minimum absolute atomic E-state index is 0.0733. The molecule has 1 saturated heterocycles. The Kier molecular flexibility index (Phi) is 3.74. The highest BCUT2D eigenvalue weighted by atomic mass is 35.5. The fourth-order valence-corrected chi connectivity index (χ4v) is 2.67. The van der Waals surface area contributed by atoms with E-state index < -0.39 is 0 Å². The van der Waals surface area contributed by atoms with E-state index in [1.807, 2.05) is 6.92 Å². The number of carbonyl (C=O) groups excluding carboxylic acids is 1. The van der Waals surface area contributed by atoms with E-state index in [0.29, 0.717) is 18.4 Å². The summed E-state index contributed by atoms with van der Waals surface area (Å²) in [5.74, 6) is 1.53. The van der Waals surface area contributed by atoms with Crippen LogP contribution in [0.5, 0.6) is 0 Å². The lowest BCUT2D eigenvalue weighted by molar-refractivity contribution is -0.139. The lowest BCUT2D eigenvalue weighted by atomic mass is 9.87. The van der Waals surface area contributed by atoms with Gasteiger partial charge in [0.1, 0.15) is 11.9 Å². The van der Waals surface area contributed by atoms with Crippen LogP contribution >= 0.6 is 11.6 Å². The number of esters is 1. The molecule has 2 aliphatic rings. The summed E-state index contributed by atoms with van der Waals surface area (Å²) in [4.78, 5) is 11.7. The van der Waals surface area contributed by atoms with Crippen molar-refractivity contribution in [1.29, 1.82) is 0 Å². The summed E-state index contributed by atoms with van der Waals surface area (Å²) in [5, 5.41) is 0. The number of ether oxygens (including phenoxy) is 2. The molecule has 0 aromatic heterocycles. The van der Waals surface area contributed by atoms with E-state index in [2.05, 4.69) is 0 Å². The largest absolute Gasteiger partial charge is 0.493 e. The standard InChI is InChI=1S/C12H17ClO3/c1-2-15-12(14)10-5-3-4-8-6-9(7-13)16-11(8)10/h8-9H,2-7H2,1H3. The maximum Gasteiger partial charge on any atom is 0.337 e. The van der Waals surface area contributed by atoms with Gasteiger partial charge in [0, 0.05) is 5.92 Å². The molecule has 0 saturated carbocycles. The van der Waals surface area contributed by atoms with Crippen molar-refractivity contribution in [1.82, 2.24) is 0 Å². The number of rotatable bonds is 3. The Hall–Kier alpha value is -0.700. The topological polar surface area (TPSA) is 35.5 Å². The highest BCUT2D eigenvalue weighted by molar-refractivity contribution is 6.18. The predicted molar refractivity (Wildman–Crippen MR) is 61.2 cm³/mol. The molecule has 2 unspecified atom stereocenters. The molecule has 0 aromatic rings. The van der Waals surface area contributed by atoms with E-state index in [0.717, 1.165) is 37.0 Å². The van der Waals surface area contributed by atoms with Crippen LogP contribution in [0.3, 0.4) is 0 Å². The second kappa shape index (κ2) is 5.09. The minimum Gasteiger partial charge on any atom is -0.493 e. The molecule has 3 nitrogen and oxygen atoms in total. The molecule has 2 atom stereocenters. The van der Waals surface area contributed by atoms with Gasteiger partial charge in [-0.15, -0.1) is 11.6 Å². The van der Waals surface area contributed by atoms with Crippen LogP contribution in [0.15, 0.2) is 11.3 Å². The Labute approximate surface area is 101 Å². The van der Waals surface area contributed by atoms with Gasteiger partial charge < -0.3 is 9.47 Å². The Bertz CT molecular complexity index is 311. The van der Waals surface area contributed by atoms with Gasteiger partial charge >= 0.3 is 5.97 Å². The van der Waals surface area contributed by atoms with Crippen LogP contribution in [0.2, 0.25) is 0 Å². The molecule has 0 amide bonds. The van der Waals surface area contributed by atoms with Gasteiger partial charge in [0.2, 0.25) is 0 Å². The first-order valence-corrected chi connectivity index (χ1v) is 6.42. The van der Waals surface area contributed by atoms with E-state index in [-0.39, 0.29) is 12.1 Å². The van der Waals surface area contributed by atoms with Gasteiger partial charge in [-0.1, -0.05) is 0 Å². The summed E-state index contributed by atoms with van der Waals surface area (Å²) in [5.41, 5.74) is 0.741. The summed E-state index contributed by atoms with van der Waals surface area (Å²) in [6.07, 6.45) is 3.94. The molecule has 2 rings (SSSR count). The molecule has 1 heterocycles. The third-order valence-corrected chi connectivity index (χ3v) is 3.53. The second-order valence-electron chi connectivity index (χ2n) is 4.28. The van der Waals surface area contributed by atoms with E-state index in [1.54, 1.807) is 0 Å². The lowest BCUT2D eigenvalue weighted by Crippen LogP contribution is -2.16. The SMILES string of the molecule is CCOC(=O)C1=C2OC(CCl)CC2CCC1. The minimum atomic E-state index is -0.211. The molecular formula is C12H17ClO3. The predicted octanol–water partition coefficient (Wildman–Crippen LogP) is 2.63. The van der Waals surface area contributed by atoms with Gasteiger partial charge in [0.15, 0.2) is 0 Å². The number of hydrogen-bond acceptors (Lipinski definition) is 3. The van der Waals surface area contributed by atoms with Gasteiger partial charge in [-0.25, -0.2) is 4.79 Å². The highest BCUT2D eigenvalue weighted by Gasteiger charge is 2.37. The van der Waals surface area contributed by atoms with Crippen LogP contribution in [0.25, 0.3) is 0 Å². The van der Waals surface area contributed by atoms with Gasteiger partial charge in [-0.3, -0.25) is 0 Å². The van der Waals surface area contributed by atoms with Crippen LogP contribution in [-0.2, 0) is 14.3 Å². The average Bonchev–Trinajstić information content (AvgIpc) is 2.71. The van der Waals surface area contributed by atoms with Crippen LogP contribution < -0.4 is 0 Å². The number of alkyl halides is 1. The number of hydrogen-bond donors (Lipinski definition) is 0. The smallest absolute Gasteiger partial charge is 0.337 e. The maximum absolute atomic E-state index is 11.7. The molecule has 0 spiro atoms. The molecule has 0 N–H and O–H groups in total. The van der Waals surface area contributed by atoms with Gasteiger partial charge in [0.25, 0.3) is 0 Å². The first-order chi connectivity index (χ1) is 7.76. The van der Waals surface area contributed by atoms with Crippen LogP contribution in [0.1, 0.15) is 32.6 Å². The Balaban J connectivity index is 2.18. The molecule has 4 heteroatoms. The summed E-state index contributed by atoms with van der Waals surface area (Å²) >= 11 is 5.80. The molecule has 0 bridgehead atoms. The zero-order valence-corrected chi connectivity index (χ0v) is 10.3. The van der Waals surface area contributed by atoms with Crippen molar-refractivity contribution in [2.75, 3.05) is 12.5 Å². The number of allylic oxidation sites excluding steroid dienone is 1. The van der Waals surface area contributed by atoms with Crippen molar-refractivity contribution in [2.24, 2.45) is 5.92 Å². The van der Waals surface area contributed by atoms with Crippen molar-refractivity contribution >= 4 is 17.6 Å². The van der Waals surface area contributed by atoms with E-state index in [1.165, 1.54) is 0 Å². The fourth-order valence-electron chi connectivity index (χ4n) is 2.48. The molecule has 1 fully saturated rings. The average molecular weight is 245 g/mol. The van der Waals surface area contributed by atoms with Crippen molar-refractivity contribution in [3.8, 4) is 0 Å². The fraction of sp³-hybridized carbons (Fsp3) is 0.750. The summed E-state index contributed by atoms with van der Waals surface area (Å²) in [6, 6.07) is 0. The van der Waals surface area contributed by atoms with Gasteiger partial charge in [-0.05, 0) is 32.6 Å². The molecule has 0 aromatic carbocycles. The van der Waals surface area contributed by atoms with Crippen molar-refractivity contribution < 1.29 is 14.3 Å². The molecular weight excluding hydrogens is 228 g/mol. The highest BCUT2D eigenvalue weighted by Crippen LogP contribution is 2.41. The normalized spacial score (nSPS) is 28.6. The van der Waals surface area contributed by atoms with Crippen LogP contribution in [0, 0.1) is 5.92 Å². The maximum atomic E-state index is 11.7. The van der Waals surface area contributed by atoms with Gasteiger partial charge in [-0.2, -0.15) is 0 Å². The Morgan fingerprint density at radius 3 is 3.12 bits per heavy atom. The van der Waals surface area contributed by atoms with Crippen molar-refractivity contribution in [3.63, 3.8) is 0 Å². The Morgan fingerprint density at radius 1 is 1.62 bits per heavy atom. The van der Waals surface area contributed by atoms with E-state index in [9.17, 15) is 4.79 Å². The van der Waals surface area contributed by atoms with Crippen LogP contribution in [-0.4, -0.2) is 24.6 Å². The third kappa shape index (κ3) is 2.19. The first-order valence-electron chi connectivity index (χ1n) is 5.89. The number of halogens is 1. The molecule has 1 aliphatic heterocycles. The van der Waals surface area contributed by atoms with E-state index in [4.69, 9.17) is 21.1 Å². The summed E-state index contributed by atoms with van der Waals surface area (Å²) in [7, 11) is 0. The third-order valence-electron chi connectivity index (χ3n) is 3.18. The Morgan fingerprint density at radius 2 is 2.44 bits per heavy atom. The van der Waals surface area contributed by atoms with Crippen molar-refractivity contribution in [2.45, 2.75) is 38.7 Å². The monoisotopic (exact) mass is 244 g/mol.